The molecule has 1 aromatic heterocycles. The number of H-pyrrole nitrogens is 1. The van der Waals surface area contributed by atoms with Crippen LogP contribution in [0.1, 0.15) is 73.6 Å². The number of hydrogen-bond acceptors (Lipinski definition) is 6. The first-order chi connectivity index (χ1) is 13.7. The van der Waals surface area contributed by atoms with E-state index in [0.29, 0.717) is 35.5 Å². The predicted octanol–water partition coefficient (Wildman–Crippen LogP) is 3.45. The summed E-state index contributed by atoms with van der Waals surface area (Å²) in [5.74, 6) is -3.63. The van der Waals surface area contributed by atoms with Crippen LogP contribution in [-0.2, 0) is 27.2 Å². The van der Waals surface area contributed by atoms with E-state index in [4.69, 9.17) is 19.4 Å². The van der Waals surface area contributed by atoms with Crippen LogP contribution >= 0.6 is 0 Å². The SMILES string of the molecule is CCNCc1[nH]c(C(=O)OC(C)(C)C)c(CC)c1C(=O)OCC.O=C(O)C(F)(F)F. The van der Waals surface area contributed by atoms with Crippen LogP contribution in [0.2, 0.25) is 0 Å². The Kier molecular flexibility index (Phi) is 10.6. The lowest BCUT2D eigenvalue weighted by molar-refractivity contribution is -0.192. The van der Waals surface area contributed by atoms with Gasteiger partial charge in [-0.2, -0.15) is 13.2 Å². The highest BCUT2D eigenvalue weighted by Crippen LogP contribution is 2.24. The Morgan fingerprint density at radius 2 is 1.60 bits per heavy atom. The molecule has 11 heteroatoms. The lowest BCUT2D eigenvalue weighted by atomic mass is 10.1. The van der Waals surface area contributed by atoms with E-state index in [0.717, 1.165) is 6.54 Å². The van der Waals surface area contributed by atoms with Gasteiger partial charge in [-0.3, -0.25) is 0 Å². The third-order valence-corrected chi connectivity index (χ3v) is 3.41. The topological polar surface area (TPSA) is 118 Å². The summed E-state index contributed by atoms with van der Waals surface area (Å²) in [6.45, 7) is 12.6. The van der Waals surface area contributed by atoms with Gasteiger partial charge < -0.3 is 24.9 Å². The summed E-state index contributed by atoms with van der Waals surface area (Å²) in [7, 11) is 0. The van der Waals surface area contributed by atoms with Crippen molar-refractivity contribution in [2.24, 2.45) is 0 Å². The number of carbonyl (C=O) groups excluding carboxylic acids is 2. The third-order valence-electron chi connectivity index (χ3n) is 3.41. The maximum atomic E-state index is 12.4. The van der Waals surface area contributed by atoms with Gasteiger partial charge in [0, 0.05) is 12.2 Å². The van der Waals surface area contributed by atoms with Crippen LogP contribution < -0.4 is 5.32 Å². The minimum Gasteiger partial charge on any atom is -0.475 e. The van der Waals surface area contributed by atoms with Gasteiger partial charge >= 0.3 is 24.1 Å². The standard InChI is InChI=1S/C17H28N2O4.C2HF3O2/c1-7-11-13(15(20)22-9-3)12(10-18-8-2)19-14(11)16(21)23-17(4,5)6;3-2(4,5)1(6)7/h18-19H,7-10H2,1-6H3;(H,6,7). The molecule has 0 bridgehead atoms. The Labute approximate surface area is 173 Å². The van der Waals surface area contributed by atoms with Crippen LogP contribution in [0.25, 0.3) is 0 Å². The molecule has 0 aromatic carbocycles. The number of aliphatic carboxylic acids is 1. The summed E-state index contributed by atoms with van der Waals surface area (Å²) in [6, 6.07) is 0. The molecule has 1 rings (SSSR count). The van der Waals surface area contributed by atoms with E-state index in [1.165, 1.54) is 0 Å². The van der Waals surface area contributed by atoms with Gasteiger partial charge in [-0.05, 0) is 46.2 Å². The predicted molar refractivity (Wildman–Crippen MR) is 102 cm³/mol. The van der Waals surface area contributed by atoms with Crippen LogP contribution in [0.4, 0.5) is 13.2 Å². The second-order valence-electron chi connectivity index (χ2n) is 6.99. The van der Waals surface area contributed by atoms with Gasteiger partial charge in [-0.25, -0.2) is 14.4 Å². The van der Waals surface area contributed by atoms with Crippen LogP contribution in [0.15, 0.2) is 0 Å². The molecule has 0 fully saturated rings. The monoisotopic (exact) mass is 438 g/mol. The molecule has 0 saturated heterocycles. The number of esters is 2. The lowest BCUT2D eigenvalue weighted by Crippen LogP contribution is -2.24. The molecule has 1 aromatic rings. The second-order valence-corrected chi connectivity index (χ2v) is 6.99. The van der Waals surface area contributed by atoms with E-state index in [-0.39, 0.29) is 6.61 Å². The Morgan fingerprint density at radius 1 is 1.07 bits per heavy atom. The largest absolute Gasteiger partial charge is 0.490 e. The molecule has 0 saturated carbocycles. The van der Waals surface area contributed by atoms with Crippen molar-refractivity contribution in [2.45, 2.75) is 66.3 Å². The number of carboxylic acids is 1. The molecule has 0 amide bonds. The third kappa shape index (κ3) is 8.85. The highest BCUT2D eigenvalue weighted by molar-refractivity contribution is 5.99. The average molecular weight is 438 g/mol. The number of aromatic amines is 1. The zero-order valence-electron chi connectivity index (χ0n) is 18.0. The number of ether oxygens (including phenoxy) is 2. The first-order valence-corrected chi connectivity index (χ1v) is 9.34. The van der Waals surface area contributed by atoms with Crippen molar-refractivity contribution in [3.8, 4) is 0 Å². The quantitative estimate of drug-likeness (QED) is 0.558. The molecule has 3 N–H and O–H groups in total. The average Bonchev–Trinajstić information content (AvgIpc) is 2.97. The van der Waals surface area contributed by atoms with Crippen molar-refractivity contribution in [2.75, 3.05) is 13.2 Å². The van der Waals surface area contributed by atoms with Crippen LogP contribution in [-0.4, -0.2) is 52.9 Å². The summed E-state index contributed by atoms with van der Waals surface area (Å²) in [5.41, 5.74) is 1.47. The molecule has 0 radical (unpaired) electrons. The molecular weight excluding hydrogens is 409 g/mol. The van der Waals surface area contributed by atoms with Gasteiger partial charge in [0.15, 0.2) is 0 Å². The van der Waals surface area contributed by atoms with Crippen LogP contribution in [0.5, 0.6) is 0 Å². The zero-order chi connectivity index (χ0) is 23.7. The number of carbonyl (C=O) groups is 3. The molecule has 0 aliphatic rings. The van der Waals surface area contributed by atoms with Crippen molar-refractivity contribution in [3.05, 3.63) is 22.5 Å². The van der Waals surface area contributed by atoms with Gasteiger partial charge in [0.05, 0.1) is 12.2 Å². The Balaban J connectivity index is 0.00000103. The van der Waals surface area contributed by atoms with Gasteiger partial charge in [0.1, 0.15) is 11.3 Å². The fourth-order valence-corrected chi connectivity index (χ4v) is 2.29. The molecule has 0 spiro atoms. The maximum absolute atomic E-state index is 12.4. The fourth-order valence-electron chi connectivity index (χ4n) is 2.29. The maximum Gasteiger partial charge on any atom is 0.490 e. The number of carboxylic acid groups (broad SMARTS) is 1. The Morgan fingerprint density at radius 3 is 1.97 bits per heavy atom. The minimum absolute atomic E-state index is 0.287. The van der Waals surface area contributed by atoms with Crippen molar-refractivity contribution in [3.63, 3.8) is 0 Å². The smallest absolute Gasteiger partial charge is 0.475 e. The highest BCUT2D eigenvalue weighted by atomic mass is 19.4. The van der Waals surface area contributed by atoms with Gasteiger partial charge in [-0.15, -0.1) is 0 Å². The number of hydrogen-bond donors (Lipinski definition) is 3. The van der Waals surface area contributed by atoms with E-state index in [2.05, 4.69) is 10.3 Å². The first-order valence-electron chi connectivity index (χ1n) is 9.34. The number of halogens is 3. The summed E-state index contributed by atoms with van der Waals surface area (Å²) in [5, 5.41) is 10.3. The molecule has 30 heavy (non-hydrogen) atoms. The normalized spacial score (nSPS) is 11.4. The Bertz CT molecular complexity index is 736. The van der Waals surface area contributed by atoms with Crippen molar-refractivity contribution in [1.29, 1.82) is 0 Å². The molecule has 0 aliphatic heterocycles. The number of alkyl halides is 3. The van der Waals surface area contributed by atoms with Crippen molar-refractivity contribution >= 4 is 17.9 Å². The molecule has 0 aliphatic carbocycles. The summed E-state index contributed by atoms with van der Waals surface area (Å²) >= 11 is 0. The lowest BCUT2D eigenvalue weighted by Gasteiger charge is -2.19. The Hall–Kier alpha value is -2.56. The van der Waals surface area contributed by atoms with Gasteiger partial charge in [-0.1, -0.05) is 13.8 Å². The summed E-state index contributed by atoms with van der Waals surface area (Å²) in [4.78, 5) is 36.7. The van der Waals surface area contributed by atoms with E-state index in [1.54, 1.807) is 6.92 Å². The molecule has 8 nitrogen and oxygen atoms in total. The van der Waals surface area contributed by atoms with E-state index >= 15 is 0 Å². The molecule has 0 unspecified atom stereocenters. The minimum atomic E-state index is -5.08. The molecule has 1 heterocycles. The van der Waals surface area contributed by atoms with Crippen molar-refractivity contribution in [1.82, 2.24) is 10.3 Å². The first kappa shape index (κ1) is 27.4. The molecule has 0 atom stereocenters. The van der Waals surface area contributed by atoms with E-state index in [1.807, 2.05) is 34.6 Å². The highest BCUT2D eigenvalue weighted by Gasteiger charge is 2.38. The molecular formula is C19H29F3N2O6. The van der Waals surface area contributed by atoms with E-state index < -0.39 is 29.7 Å². The van der Waals surface area contributed by atoms with Crippen LogP contribution in [0.3, 0.4) is 0 Å². The van der Waals surface area contributed by atoms with Gasteiger partial charge in [0.25, 0.3) is 0 Å². The molecule has 172 valence electrons. The number of rotatable bonds is 7. The van der Waals surface area contributed by atoms with Gasteiger partial charge in [0.2, 0.25) is 0 Å². The van der Waals surface area contributed by atoms with Crippen LogP contribution in [0, 0.1) is 0 Å². The fraction of sp³-hybridized carbons (Fsp3) is 0.632. The summed E-state index contributed by atoms with van der Waals surface area (Å²) in [6.07, 6.45) is -4.55. The number of nitrogens with one attached hydrogen (secondary N) is 2. The van der Waals surface area contributed by atoms with Crippen molar-refractivity contribution < 1.29 is 42.1 Å². The number of aromatic nitrogens is 1. The van der Waals surface area contributed by atoms with E-state index in [9.17, 15) is 22.8 Å². The zero-order valence-corrected chi connectivity index (χ0v) is 18.0. The summed E-state index contributed by atoms with van der Waals surface area (Å²) < 4.78 is 42.3. The second kappa shape index (κ2) is 11.6.